The zero-order valence-electron chi connectivity index (χ0n) is 9.34. The van der Waals surface area contributed by atoms with Gasteiger partial charge in [-0.3, -0.25) is 0 Å². The van der Waals surface area contributed by atoms with Crippen LogP contribution in [-0.4, -0.2) is 33.0 Å². The van der Waals surface area contributed by atoms with Gasteiger partial charge in [-0.25, -0.2) is 8.42 Å². The van der Waals surface area contributed by atoms with Crippen LogP contribution in [0.1, 0.15) is 27.2 Å². The third-order valence-electron chi connectivity index (χ3n) is 3.14. The average Bonchev–Trinajstić information content (AvgIpc) is 2.68. The Morgan fingerprint density at radius 1 is 1.43 bits per heavy atom. The van der Waals surface area contributed by atoms with E-state index in [4.69, 9.17) is 0 Å². The van der Waals surface area contributed by atoms with Gasteiger partial charge < -0.3 is 5.32 Å². The Balaban J connectivity index is 2.07. The zero-order valence-corrected chi connectivity index (χ0v) is 10.2. The van der Waals surface area contributed by atoms with Gasteiger partial charge in [-0.15, -0.1) is 0 Å². The third kappa shape index (κ3) is 3.58. The Labute approximate surface area is 87.2 Å². The summed E-state index contributed by atoms with van der Waals surface area (Å²) < 4.78 is 22.3. The molecule has 0 bridgehead atoms. The maximum atomic E-state index is 11.1. The number of hydrogen-bond donors (Lipinski definition) is 1. The van der Waals surface area contributed by atoms with E-state index in [9.17, 15) is 8.42 Å². The van der Waals surface area contributed by atoms with E-state index in [1.165, 1.54) is 6.42 Å². The lowest BCUT2D eigenvalue weighted by molar-refractivity contribution is 0.525. The van der Waals surface area contributed by atoms with Crippen molar-refractivity contribution in [3.05, 3.63) is 0 Å². The minimum atomic E-state index is -2.79. The summed E-state index contributed by atoms with van der Waals surface area (Å²) in [5.74, 6) is 1.27. The van der Waals surface area contributed by atoms with Gasteiger partial charge in [-0.2, -0.15) is 0 Å². The maximum absolute atomic E-state index is 11.1. The fraction of sp³-hybridized carbons (Fsp3) is 1.00. The first-order valence-corrected chi connectivity index (χ1v) is 7.10. The van der Waals surface area contributed by atoms with Gasteiger partial charge in [0.1, 0.15) is 0 Å². The number of sulfone groups is 1. The predicted octanol–water partition coefficient (Wildman–Crippen LogP) is 1.06. The van der Waals surface area contributed by atoms with Crippen LogP contribution < -0.4 is 5.32 Å². The van der Waals surface area contributed by atoms with E-state index in [-0.39, 0.29) is 11.5 Å². The van der Waals surface area contributed by atoms with Crippen molar-refractivity contribution in [2.75, 3.05) is 24.6 Å². The van der Waals surface area contributed by atoms with Gasteiger partial charge in [0, 0.05) is 12.3 Å². The minimum absolute atomic E-state index is 0.254. The van der Waals surface area contributed by atoms with Crippen LogP contribution in [0.2, 0.25) is 0 Å². The van der Waals surface area contributed by atoms with Gasteiger partial charge in [0.05, 0.1) is 5.75 Å². The zero-order chi connectivity index (χ0) is 10.8. The molecule has 0 heterocycles. The van der Waals surface area contributed by atoms with Gasteiger partial charge in [-0.05, 0) is 24.3 Å². The molecule has 1 aliphatic rings. The molecule has 0 aromatic carbocycles. The van der Waals surface area contributed by atoms with Crippen LogP contribution in [0, 0.1) is 11.3 Å². The fourth-order valence-electron chi connectivity index (χ4n) is 1.57. The first kappa shape index (κ1) is 12.0. The SMILES string of the molecule is CCS(=O)(=O)CCNCC1CC1(C)C. The van der Waals surface area contributed by atoms with Gasteiger partial charge in [-0.1, -0.05) is 20.8 Å². The molecule has 0 aliphatic heterocycles. The van der Waals surface area contributed by atoms with E-state index in [2.05, 4.69) is 19.2 Å². The standard InChI is InChI=1S/C10H21NO2S/c1-4-14(12,13)6-5-11-8-9-7-10(9,2)3/h9,11H,4-8H2,1-3H3. The number of nitrogens with one attached hydrogen (secondary N) is 1. The van der Waals surface area contributed by atoms with E-state index in [0.717, 1.165) is 12.5 Å². The van der Waals surface area contributed by atoms with Crippen molar-refractivity contribution in [2.24, 2.45) is 11.3 Å². The second kappa shape index (κ2) is 4.19. The highest BCUT2D eigenvalue weighted by molar-refractivity contribution is 7.91. The lowest BCUT2D eigenvalue weighted by Gasteiger charge is -2.05. The topological polar surface area (TPSA) is 46.2 Å². The van der Waals surface area contributed by atoms with E-state index >= 15 is 0 Å². The highest BCUT2D eigenvalue weighted by Crippen LogP contribution is 2.50. The molecule has 14 heavy (non-hydrogen) atoms. The van der Waals surface area contributed by atoms with E-state index < -0.39 is 9.84 Å². The second-order valence-electron chi connectivity index (χ2n) is 4.83. The van der Waals surface area contributed by atoms with Crippen LogP contribution in [0.15, 0.2) is 0 Å². The van der Waals surface area contributed by atoms with Crippen molar-refractivity contribution in [3.8, 4) is 0 Å². The van der Waals surface area contributed by atoms with Crippen molar-refractivity contribution >= 4 is 9.84 Å². The molecule has 1 N–H and O–H groups in total. The summed E-state index contributed by atoms with van der Waals surface area (Å²) in [6.07, 6.45) is 1.26. The van der Waals surface area contributed by atoms with Crippen LogP contribution in [0.4, 0.5) is 0 Å². The third-order valence-corrected chi connectivity index (χ3v) is 4.84. The molecule has 84 valence electrons. The van der Waals surface area contributed by atoms with Crippen LogP contribution in [0.25, 0.3) is 0 Å². The first-order valence-electron chi connectivity index (χ1n) is 5.28. The number of rotatable bonds is 6. The van der Waals surface area contributed by atoms with E-state index in [0.29, 0.717) is 12.0 Å². The average molecular weight is 219 g/mol. The highest BCUT2D eigenvalue weighted by atomic mass is 32.2. The normalized spacial score (nSPS) is 24.9. The fourth-order valence-corrected chi connectivity index (χ4v) is 2.32. The molecular formula is C10H21NO2S. The van der Waals surface area contributed by atoms with Crippen LogP contribution in [0.5, 0.6) is 0 Å². The Hall–Kier alpha value is -0.0900. The molecule has 0 aromatic heterocycles. The van der Waals surface area contributed by atoms with Gasteiger partial charge in [0.25, 0.3) is 0 Å². The Bertz CT molecular complexity index is 282. The lowest BCUT2D eigenvalue weighted by Crippen LogP contribution is -2.26. The molecule has 1 atom stereocenters. The van der Waals surface area contributed by atoms with Crippen molar-refractivity contribution < 1.29 is 8.42 Å². The lowest BCUT2D eigenvalue weighted by atomic mass is 10.1. The molecular weight excluding hydrogens is 198 g/mol. The first-order chi connectivity index (χ1) is 6.37. The molecule has 0 saturated heterocycles. The molecule has 1 aliphatic carbocycles. The van der Waals surface area contributed by atoms with Crippen molar-refractivity contribution in [3.63, 3.8) is 0 Å². The minimum Gasteiger partial charge on any atom is -0.315 e. The van der Waals surface area contributed by atoms with Gasteiger partial charge in [0.2, 0.25) is 0 Å². The van der Waals surface area contributed by atoms with Gasteiger partial charge >= 0.3 is 0 Å². The molecule has 0 radical (unpaired) electrons. The van der Waals surface area contributed by atoms with Crippen LogP contribution >= 0.6 is 0 Å². The molecule has 1 fully saturated rings. The molecule has 0 spiro atoms. The summed E-state index contributed by atoms with van der Waals surface area (Å²) >= 11 is 0. The van der Waals surface area contributed by atoms with E-state index in [1.54, 1.807) is 6.92 Å². The van der Waals surface area contributed by atoms with Crippen molar-refractivity contribution in [2.45, 2.75) is 27.2 Å². The largest absolute Gasteiger partial charge is 0.315 e. The second-order valence-corrected chi connectivity index (χ2v) is 7.30. The highest BCUT2D eigenvalue weighted by Gasteiger charge is 2.44. The Morgan fingerprint density at radius 3 is 2.43 bits per heavy atom. The molecule has 4 heteroatoms. The summed E-state index contributed by atoms with van der Waals surface area (Å²) in [5.41, 5.74) is 0.483. The summed E-state index contributed by atoms with van der Waals surface area (Å²) in [6.45, 7) is 7.76. The molecule has 1 saturated carbocycles. The Kier molecular flexibility index (Phi) is 3.58. The van der Waals surface area contributed by atoms with Crippen LogP contribution in [-0.2, 0) is 9.84 Å². The van der Waals surface area contributed by atoms with E-state index in [1.807, 2.05) is 0 Å². The number of hydrogen-bond acceptors (Lipinski definition) is 3. The summed E-state index contributed by atoms with van der Waals surface area (Å²) in [6, 6.07) is 0. The Morgan fingerprint density at radius 2 is 2.00 bits per heavy atom. The van der Waals surface area contributed by atoms with Gasteiger partial charge in [0.15, 0.2) is 9.84 Å². The van der Waals surface area contributed by atoms with Crippen molar-refractivity contribution in [1.29, 1.82) is 0 Å². The molecule has 0 aromatic rings. The van der Waals surface area contributed by atoms with Crippen molar-refractivity contribution in [1.82, 2.24) is 5.32 Å². The summed E-state index contributed by atoms with van der Waals surface area (Å²) in [5, 5.41) is 3.21. The summed E-state index contributed by atoms with van der Waals surface area (Å²) in [4.78, 5) is 0. The molecule has 1 unspecified atom stereocenters. The summed E-state index contributed by atoms with van der Waals surface area (Å²) in [7, 11) is -2.79. The van der Waals surface area contributed by atoms with Crippen LogP contribution in [0.3, 0.4) is 0 Å². The maximum Gasteiger partial charge on any atom is 0.151 e. The smallest absolute Gasteiger partial charge is 0.151 e. The molecule has 0 amide bonds. The monoisotopic (exact) mass is 219 g/mol. The molecule has 1 rings (SSSR count). The quantitative estimate of drug-likeness (QED) is 0.679. The predicted molar refractivity (Wildman–Crippen MR) is 59.1 cm³/mol. The molecule has 3 nitrogen and oxygen atoms in total.